The Morgan fingerprint density at radius 2 is 2.00 bits per heavy atom. The minimum Gasteiger partial charge on any atom is -0.324 e. The van der Waals surface area contributed by atoms with Crippen LogP contribution in [0.3, 0.4) is 0 Å². The molecule has 1 fully saturated rings. The number of aryl methyl sites for hydroxylation is 2. The monoisotopic (exact) mass is 232 g/mol. The second kappa shape index (κ2) is 4.15. The summed E-state index contributed by atoms with van der Waals surface area (Å²) >= 11 is 0. The van der Waals surface area contributed by atoms with Crippen LogP contribution in [-0.4, -0.2) is 11.4 Å². The van der Waals surface area contributed by atoms with Crippen molar-refractivity contribution in [2.45, 2.75) is 39.2 Å². The lowest BCUT2D eigenvalue weighted by Crippen LogP contribution is -2.50. The van der Waals surface area contributed by atoms with Crippen LogP contribution in [0.5, 0.6) is 0 Å². The lowest BCUT2D eigenvalue weighted by atomic mass is 9.96. The van der Waals surface area contributed by atoms with E-state index in [-0.39, 0.29) is 5.91 Å². The predicted octanol–water partition coefficient (Wildman–Crippen LogP) is 2.37. The van der Waals surface area contributed by atoms with Gasteiger partial charge >= 0.3 is 0 Å². The second-order valence-electron chi connectivity index (χ2n) is 5.31. The Labute approximate surface area is 102 Å². The number of amides is 1. The highest BCUT2D eigenvalue weighted by Crippen LogP contribution is 2.38. The summed E-state index contributed by atoms with van der Waals surface area (Å²) in [5, 5.41) is 2.91. The van der Waals surface area contributed by atoms with Gasteiger partial charge in [0.05, 0.1) is 5.54 Å². The molecule has 0 aliphatic heterocycles. The Bertz CT molecular complexity index is 448. The maximum absolute atomic E-state index is 12.1. The molecule has 3 heteroatoms. The van der Waals surface area contributed by atoms with Gasteiger partial charge in [-0.1, -0.05) is 6.07 Å². The number of carbonyl (C=O) groups is 1. The summed E-state index contributed by atoms with van der Waals surface area (Å²) in [5.74, 6) is 0.261. The van der Waals surface area contributed by atoms with Gasteiger partial charge in [0.2, 0.25) is 5.91 Å². The van der Waals surface area contributed by atoms with E-state index in [4.69, 9.17) is 5.73 Å². The molecule has 17 heavy (non-hydrogen) atoms. The van der Waals surface area contributed by atoms with Gasteiger partial charge in [-0.05, 0) is 62.8 Å². The Kier molecular flexibility index (Phi) is 2.96. The summed E-state index contributed by atoms with van der Waals surface area (Å²) < 4.78 is 0. The fourth-order valence-electron chi connectivity index (χ4n) is 1.95. The van der Waals surface area contributed by atoms with Gasteiger partial charge in [0, 0.05) is 5.69 Å². The normalized spacial score (nSPS) is 18.6. The van der Waals surface area contributed by atoms with E-state index < -0.39 is 5.54 Å². The first-order chi connectivity index (χ1) is 7.91. The van der Waals surface area contributed by atoms with E-state index in [1.54, 1.807) is 0 Å². The van der Waals surface area contributed by atoms with E-state index in [0.717, 1.165) is 18.5 Å². The molecule has 0 aromatic heterocycles. The van der Waals surface area contributed by atoms with Crippen molar-refractivity contribution in [3.8, 4) is 0 Å². The van der Waals surface area contributed by atoms with Gasteiger partial charge in [-0.15, -0.1) is 0 Å². The molecular weight excluding hydrogens is 212 g/mol. The van der Waals surface area contributed by atoms with E-state index in [1.807, 2.05) is 32.0 Å². The number of nitrogens with two attached hydrogens (primary N) is 1. The molecule has 1 aliphatic carbocycles. The highest BCUT2D eigenvalue weighted by molar-refractivity contribution is 5.98. The molecule has 0 saturated heterocycles. The van der Waals surface area contributed by atoms with E-state index in [1.165, 1.54) is 11.1 Å². The van der Waals surface area contributed by atoms with Crippen LogP contribution in [0.15, 0.2) is 18.2 Å². The fourth-order valence-corrected chi connectivity index (χ4v) is 1.95. The maximum atomic E-state index is 12.1. The average Bonchev–Trinajstić information content (AvgIpc) is 3.07. The molecule has 2 rings (SSSR count). The van der Waals surface area contributed by atoms with Crippen molar-refractivity contribution in [1.82, 2.24) is 0 Å². The van der Waals surface area contributed by atoms with E-state index in [2.05, 4.69) is 12.2 Å². The first kappa shape index (κ1) is 12.1. The predicted molar refractivity (Wildman–Crippen MR) is 69.9 cm³/mol. The minimum atomic E-state index is -0.737. The Balaban J connectivity index is 2.10. The molecule has 3 N–H and O–H groups in total. The molecule has 1 saturated carbocycles. The van der Waals surface area contributed by atoms with Crippen molar-refractivity contribution in [3.05, 3.63) is 29.3 Å². The molecule has 1 atom stereocenters. The number of benzene rings is 1. The van der Waals surface area contributed by atoms with Crippen LogP contribution in [0.4, 0.5) is 5.69 Å². The summed E-state index contributed by atoms with van der Waals surface area (Å²) in [6.45, 7) is 5.91. The van der Waals surface area contributed by atoms with Gasteiger partial charge < -0.3 is 11.1 Å². The van der Waals surface area contributed by atoms with Crippen LogP contribution in [0.1, 0.15) is 30.9 Å². The van der Waals surface area contributed by atoms with Gasteiger partial charge in [-0.25, -0.2) is 0 Å². The first-order valence-electron chi connectivity index (χ1n) is 6.09. The fraction of sp³-hybridized carbons (Fsp3) is 0.500. The molecule has 0 heterocycles. The van der Waals surface area contributed by atoms with Gasteiger partial charge in [-0.3, -0.25) is 4.79 Å². The van der Waals surface area contributed by atoms with Crippen molar-refractivity contribution in [2.24, 2.45) is 11.7 Å². The number of hydrogen-bond donors (Lipinski definition) is 2. The molecule has 0 radical (unpaired) electrons. The minimum absolute atomic E-state index is 0.0803. The van der Waals surface area contributed by atoms with Gasteiger partial charge in [0.15, 0.2) is 0 Å². The summed E-state index contributed by atoms with van der Waals surface area (Å²) in [6.07, 6.45) is 2.13. The van der Waals surface area contributed by atoms with Gasteiger partial charge in [-0.2, -0.15) is 0 Å². The van der Waals surface area contributed by atoms with Crippen LogP contribution in [-0.2, 0) is 4.79 Å². The SMILES string of the molecule is Cc1ccc(NC(=O)C(C)(N)C2CC2)cc1C. The molecule has 92 valence electrons. The van der Waals surface area contributed by atoms with Crippen LogP contribution >= 0.6 is 0 Å². The Morgan fingerprint density at radius 3 is 2.53 bits per heavy atom. The molecular formula is C14H20N2O. The zero-order valence-electron chi connectivity index (χ0n) is 10.7. The van der Waals surface area contributed by atoms with Crippen molar-refractivity contribution in [1.29, 1.82) is 0 Å². The summed E-state index contributed by atoms with van der Waals surface area (Å²) in [7, 11) is 0. The van der Waals surface area contributed by atoms with E-state index >= 15 is 0 Å². The van der Waals surface area contributed by atoms with E-state index in [9.17, 15) is 4.79 Å². The van der Waals surface area contributed by atoms with Crippen molar-refractivity contribution >= 4 is 11.6 Å². The number of hydrogen-bond acceptors (Lipinski definition) is 2. The zero-order valence-corrected chi connectivity index (χ0v) is 10.7. The maximum Gasteiger partial charge on any atom is 0.244 e. The van der Waals surface area contributed by atoms with Gasteiger partial charge in [0.25, 0.3) is 0 Å². The van der Waals surface area contributed by atoms with Crippen molar-refractivity contribution < 1.29 is 4.79 Å². The van der Waals surface area contributed by atoms with Gasteiger partial charge in [0.1, 0.15) is 0 Å². The number of carbonyl (C=O) groups excluding carboxylic acids is 1. The van der Waals surface area contributed by atoms with Crippen LogP contribution in [0.25, 0.3) is 0 Å². The van der Waals surface area contributed by atoms with Crippen LogP contribution in [0.2, 0.25) is 0 Å². The highest BCUT2D eigenvalue weighted by atomic mass is 16.2. The van der Waals surface area contributed by atoms with Crippen molar-refractivity contribution in [3.63, 3.8) is 0 Å². The van der Waals surface area contributed by atoms with E-state index in [0.29, 0.717) is 5.92 Å². The smallest absolute Gasteiger partial charge is 0.244 e. The molecule has 1 amide bonds. The molecule has 1 unspecified atom stereocenters. The third-order valence-electron chi connectivity index (χ3n) is 3.68. The Hall–Kier alpha value is -1.35. The molecule has 1 aliphatic rings. The Morgan fingerprint density at radius 1 is 1.35 bits per heavy atom. The topological polar surface area (TPSA) is 55.1 Å². The second-order valence-corrected chi connectivity index (χ2v) is 5.31. The van der Waals surface area contributed by atoms with Crippen LogP contribution in [0, 0.1) is 19.8 Å². The molecule has 1 aromatic carbocycles. The standard InChI is InChI=1S/C14H20N2O/c1-9-4-7-12(8-10(9)2)16-13(17)14(3,15)11-5-6-11/h4,7-8,11H,5-6,15H2,1-3H3,(H,16,17). The molecule has 0 spiro atoms. The third kappa shape index (κ3) is 2.50. The number of nitrogens with one attached hydrogen (secondary N) is 1. The zero-order chi connectivity index (χ0) is 12.6. The van der Waals surface area contributed by atoms with Crippen molar-refractivity contribution in [2.75, 3.05) is 5.32 Å². The lowest BCUT2D eigenvalue weighted by molar-refractivity contribution is -0.121. The largest absolute Gasteiger partial charge is 0.324 e. The average molecular weight is 232 g/mol. The number of rotatable bonds is 3. The molecule has 0 bridgehead atoms. The number of anilines is 1. The lowest BCUT2D eigenvalue weighted by Gasteiger charge is -2.23. The molecule has 3 nitrogen and oxygen atoms in total. The third-order valence-corrected chi connectivity index (χ3v) is 3.68. The molecule has 1 aromatic rings. The van der Waals surface area contributed by atoms with Crippen LogP contribution < -0.4 is 11.1 Å². The first-order valence-corrected chi connectivity index (χ1v) is 6.09. The summed E-state index contributed by atoms with van der Waals surface area (Å²) in [5.41, 5.74) is 8.56. The summed E-state index contributed by atoms with van der Waals surface area (Å²) in [4.78, 5) is 12.1. The highest BCUT2D eigenvalue weighted by Gasteiger charge is 2.44. The summed E-state index contributed by atoms with van der Waals surface area (Å²) in [6, 6.07) is 5.91. The quantitative estimate of drug-likeness (QED) is 0.840.